The predicted molar refractivity (Wildman–Crippen MR) is 122 cm³/mol. The molecule has 3 aromatic rings. The van der Waals surface area contributed by atoms with E-state index in [0.29, 0.717) is 22.9 Å². The summed E-state index contributed by atoms with van der Waals surface area (Å²) in [5.74, 6) is 0.251. The minimum Gasteiger partial charge on any atom is -0.324 e. The molecule has 3 aromatic carbocycles. The monoisotopic (exact) mass is 427 g/mol. The summed E-state index contributed by atoms with van der Waals surface area (Å²) in [4.78, 5) is 28.4. The number of benzene rings is 3. The van der Waals surface area contributed by atoms with Gasteiger partial charge in [0.1, 0.15) is 6.04 Å². The van der Waals surface area contributed by atoms with E-state index in [1.54, 1.807) is 40.9 Å². The van der Waals surface area contributed by atoms with Crippen LogP contribution in [0.4, 0.5) is 5.69 Å². The Hall–Kier alpha value is -3.56. The molecule has 1 heterocycles. The van der Waals surface area contributed by atoms with E-state index >= 15 is 0 Å². The summed E-state index contributed by atoms with van der Waals surface area (Å²) in [6.07, 6.45) is 0. The molecular formula is C25H21N3O2S. The summed E-state index contributed by atoms with van der Waals surface area (Å²) < 4.78 is 0. The van der Waals surface area contributed by atoms with Crippen molar-refractivity contribution in [3.05, 3.63) is 102 Å². The van der Waals surface area contributed by atoms with Gasteiger partial charge in [0.15, 0.2) is 0 Å². The number of hydrogen-bond donors (Lipinski definition) is 1. The minimum atomic E-state index is -0.553. The lowest BCUT2D eigenvalue weighted by Crippen LogP contribution is -2.46. The molecule has 0 aliphatic carbocycles. The smallest absolute Gasteiger partial charge is 0.248 e. The molecule has 1 atom stereocenters. The molecule has 4 rings (SSSR count). The Bertz CT molecular complexity index is 1060. The van der Waals surface area contributed by atoms with Gasteiger partial charge in [0, 0.05) is 11.4 Å². The first kappa shape index (κ1) is 20.7. The molecule has 1 unspecified atom stereocenters. The van der Waals surface area contributed by atoms with E-state index in [2.05, 4.69) is 11.4 Å². The number of nitriles is 1. The number of hydrogen-bond acceptors (Lipinski definition) is 4. The van der Waals surface area contributed by atoms with Gasteiger partial charge in [-0.3, -0.25) is 9.59 Å². The van der Waals surface area contributed by atoms with Crippen LogP contribution in [0.25, 0.3) is 0 Å². The average Bonchev–Trinajstić information content (AvgIpc) is 3.31. The summed E-state index contributed by atoms with van der Waals surface area (Å²) in [6.45, 7) is 0. The summed E-state index contributed by atoms with van der Waals surface area (Å²) >= 11 is 1.57. The largest absolute Gasteiger partial charge is 0.324 e. The zero-order valence-electron chi connectivity index (χ0n) is 16.8. The highest BCUT2D eigenvalue weighted by Crippen LogP contribution is 2.31. The van der Waals surface area contributed by atoms with Crippen LogP contribution in [0.5, 0.6) is 0 Å². The Balaban J connectivity index is 1.57. The van der Waals surface area contributed by atoms with Crippen LogP contribution < -0.4 is 5.32 Å². The van der Waals surface area contributed by atoms with Gasteiger partial charge >= 0.3 is 0 Å². The molecule has 154 valence electrons. The quantitative estimate of drug-likeness (QED) is 0.661. The minimum absolute atomic E-state index is 0.0811. The maximum atomic E-state index is 13.7. The molecule has 1 N–H and O–H groups in total. The van der Waals surface area contributed by atoms with Crippen LogP contribution in [0.3, 0.4) is 0 Å². The topological polar surface area (TPSA) is 73.2 Å². The van der Waals surface area contributed by atoms with Gasteiger partial charge in [0.05, 0.1) is 23.4 Å². The van der Waals surface area contributed by atoms with E-state index < -0.39 is 12.0 Å². The van der Waals surface area contributed by atoms with Crippen LogP contribution >= 0.6 is 11.8 Å². The Kier molecular flexibility index (Phi) is 6.34. The fourth-order valence-corrected chi connectivity index (χ4v) is 4.83. The second-order valence-electron chi connectivity index (χ2n) is 7.26. The fraction of sp³-hybridized carbons (Fsp3) is 0.160. The second-order valence-corrected chi connectivity index (χ2v) is 8.26. The highest BCUT2D eigenvalue weighted by Gasteiger charge is 2.38. The Labute approximate surface area is 185 Å². The van der Waals surface area contributed by atoms with Crippen molar-refractivity contribution >= 4 is 29.3 Å². The van der Waals surface area contributed by atoms with Gasteiger partial charge in [-0.25, -0.2) is 0 Å². The number of anilines is 1. The highest BCUT2D eigenvalue weighted by molar-refractivity contribution is 7.99. The lowest BCUT2D eigenvalue weighted by atomic mass is 9.90. The van der Waals surface area contributed by atoms with E-state index in [4.69, 9.17) is 5.26 Å². The van der Waals surface area contributed by atoms with Gasteiger partial charge in [0.25, 0.3) is 0 Å². The maximum Gasteiger partial charge on any atom is 0.248 e. The molecule has 5 nitrogen and oxygen atoms in total. The van der Waals surface area contributed by atoms with E-state index in [9.17, 15) is 9.59 Å². The third-order valence-electron chi connectivity index (χ3n) is 5.26. The zero-order chi connectivity index (χ0) is 21.6. The van der Waals surface area contributed by atoms with Crippen molar-refractivity contribution in [2.45, 2.75) is 12.0 Å². The SMILES string of the molecule is N#Cc1ccc(NC(=O)C2CSCN2C(=O)C(c2ccccc2)c2ccccc2)cc1. The van der Waals surface area contributed by atoms with Crippen molar-refractivity contribution in [2.75, 3.05) is 16.9 Å². The van der Waals surface area contributed by atoms with Crippen LogP contribution in [-0.2, 0) is 9.59 Å². The first-order valence-electron chi connectivity index (χ1n) is 9.96. The summed E-state index contributed by atoms with van der Waals surface area (Å²) in [5, 5.41) is 11.8. The maximum absolute atomic E-state index is 13.7. The van der Waals surface area contributed by atoms with Gasteiger partial charge in [0.2, 0.25) is 11.8 Å². The van der Waals surface area contributed by atoms with Gasteiger partial charge in [-0.05, 0) is 35.4 Å². The molecule has 0 radical (unpaired) electrons. The van der Waals surface area contributed by atoms with Crippen molar-refractivity contribution in [1.82, 2.24) is 4.90 Å². The standard InChI is InChI=1S/C25H21N3O2S/c26-15-18-11-13-21(14-12-18)27-24(29)22-16-31-17-28(22)25(30)23(19-7-3-1-4-8-19)20-9-5-2-6-10-20/h1-14,22-23H,16-17H2,(H,27,29). The molecule has 31 heavy (non-hydrogen) atoms. The first-order chi connectivity index (χ1) is 15.2. The number of rotatable bonds is 5. The number of nitrogens with one attached hydrogen (secondary N) is 1. The van der Waals surface area contributed by atoms with Crippen molar-refractivity contribution in [2.24, 2.45) is 0 Å². The van der Waals surface area contributed by atoms with Gasteiger partial charge in [-0.15, -0.1) is 11.8 Å². The van der Waals surface area contributed by atoms with Crippen molar-refractivity contribution < 1.29 is 9.59 Å². The highest BCUT2D eigenvalue weighted by atomic mass is 32.2. The summed E-state index contributed by atoms with van der Waals surface area (Å²) in [5.41, 5.74) is 2.94. The molecule has 0 spiro atoms. The number of nitrogens with zero attached hydrogens (tertiary/aromatic N) is 2. The van der Waals surface area contributed by atoms with E-state index in [0.717, 1.165) is 11.1 Å². The number of carbonyl (C=O) groups excluding carboxylic acids is 2. The predicted octanol–water partition coefficient (Wildman–Crippen LogP) is 4.23. The molecule has 0 saturated carbocycles. The molecule has 1 fully saturated rings. The molecule has 1 aliphatic rings. The normalized spacial score (nSPS) is 15.5. The van der Waals surface area contributed by atoms with Gasteiger partial charge in [-0.1, -0.05) is 60.7 Å². The molecule has 0 aromatic heterocycles. The third-order valence-corrected chi connectivity index (χ3v) is 6.27. The van der Waals surface area contributed by atoms with Crippen LogP contribution in [-0.4, -0.2) is 34.4 Å². The molecule has 0 bridgehead atoms. The van der Waals surface area contributed by atoms with E-state index in [1.807, 2.05) is 60.7 Å². The van der Waals surface area contributed by atoms with Crippen LogP contribution in [0.15, 0.2) is 84.9 Å². The molecule has 1 aliphatic heterocycles. The Morgan fingerprint density at radius 3 is 2.06 bits per heavy atom. The molecule has 2 amide bonds. The lowest BCUT2D eigenvalue weighted by Gasteiger charge is -2.28. The molecular weight excluding hydrogens is 406 g/mol. The van der Waals surface area contributed by atoms with Crippen LogP contribution in [0.1, 0.15) is 22.6 Å². The van der Waals surface area contributed by atoms with Crippen molar-refractivity contribution in [3.8, 4) is 6.07 Å². The number of thioether (sulfide) groups is 1. The number of amides is 2. The van der Waals surface area contributed by atoms with E-state index in [1.165, 1.54) is 0 Å². The van der Waals surface area contributed by atoms with Gasteiger partial charge in [-0.2, -0.15) is 5.26 Å². The summed E-state index contributed by atoms with van der Waals surface area (Å²) in [7, 11) is 0. The van der Waals surface area contributed by atoms with Crippen LogP contribution in [0, 0.1) is 11.3 Å². The Morgan fingerprint density at radius 2 is 1.52 bits per heavy atom. The second kappa shape index (κ2) is 9.50. The third kappa shape index (κ3) is 4.62. The molecule has 1 saturated heterocycles. The first-order valence-corrected chi connectivity index (χ1v) is 11.1. The van der Waals surface area contributed by atoms with Gasteiger partial charge < -0.3 is 10.2 Å². The lowest BCUT2D eigenvalue weighted by molar-refractivity contribution is -0.136. The van der Waals surface area contributed by atoms with Crippen molar-refractivity contribution in [3.63, 3.8) is 0 Å². The Morgan fingerprint density at radius 1 is 0.935 bits per heavy atom. The number of carbonyl (C=O) groups is 2. The van der Waals surface area contributed by atoms with Crippen LogP contribution in [0.2, 0.25) is 0 Å². The average molecular weight is 428 g/mol. The zero-order valence-corrected chi connectivity index (χ0v) is 17.6. The van der Waals surface area contributed by atoms with E-state index in [-0.39, 0.29) is 11.8 Å². The molecule has 6 heteroatoms. The fourth-order valence-electron chi connectivity index (χ4n) is 3.67. The summed E-state index contributed by atoms with van der Waals surface area (Å²) in [6, 6.07) is 27.5. The van der Waals surface area contributed by atoms with Crippen molar-refractivity contribution in [1.29, 1.82) is 5.26 Å².